The molecule has 162 valence electrons. The summed E-state index contributed by atoms with van der Waals surface area (Å²) in [5, 5.41) is 6.11. The Hall–Kier alpha value is -2.62. The number of carbonyl (C=O) groups is 2. The molecule has 2 N–H and O–H groups in total. The Morgan fingerprint density at radius 3 is 1.17 bits per heavy atom. The number of rotatable bonds is 9. The average Bonchev–Trinajstić information content (AvgIpc) is 2.64. The molecular formula is C26H36N2O2. The molecule has 2 aromatic carbocycles. The largest absolute Gasteiger partial charge is 0.326 e. The smallest absolute Gasteiger partial charge is 0.224 e. The van der Waals surface area contributed by atoms with Crippen molar-refractivity contribution < 1.29 is 9.59 Å². The fraction of sp³-hybridized carbons (Fsp3) is 0.462. The summed E-state index contributed by atoms with van der Waals surface area (Å²) < 4.78 is 0. The van der Waals surface area contributed by atoms with Gasteiger partial charge in [0.25, 0.3) is 0 Å². The zero-order valence-electron chi connectivity index (χ0n) is 19.4. The molecule has 0 spiro atoms. The van der Waals surface area contributed by atoms with Gasteiger partial charge in [-0.2, -0.15) is 0 Å². The molecule has 0 radical (unpaired) electrons. The van der Waals surface area contributed by atoms with Crippen molar-refractivity contribution in [2.45, 2.75) is 80.1 Å². The Kier molecular flexibility index (Phi) is 8.64. The van der Waals surface area contributed by atoms with Crippen LogP contribution in [0.1, 0.15) is 71.9 Å². The van der Waals surface area contributed by atoms with Gasteiger partial charge in [-0.25, -0.2) is 0 Å². The lowest BCUT2D eigenvalue weighted by Gasteiger charge is -2.13. The fourth-order valence-corrected chi connectivity index (χ4v) is 4.08. The second kappa shape index (κ2) is 11.0. The van der Waals surface area contributed by atoms with Crippen molar-refractivity contribution in [1.82, 2.24) is 0 Å². The van der Waals surface area contributed by atoms with Crippen LogP contribution in [0.3, 0.4) is 0 Å². The number of hydrogen-bond acceptors (Lipinski definition) is 2. The minimum Gasteiger partial charge on any atom is -0.326 e. The predicted molar refractivity (Wildman–Crippen MR) is 126 cm³/mol. The average molecular weight is 409 g/mol. The van der Waals surface area contributed by atoms with E-state index in [1.165, 1.54) is 11.1 Å². The van der Waals surface area contributed by atoms with Crippen LogP contribution in [0, 0.1) is 41.5 Å². The maximum Gasteiger partial charge on any atom is 0.224 e. The Balaban J connectivity index is 1.66. The molecule has 0 saturated heterocycles. The van der Waals surface area contributed by atoms with Gasteiger partial charge in [-0.3, -0.25) is 9.59 Å². The van der Waals surface area contributed by atoms with E-state index < -0.39 is 0 Å². The first-order valence-electron chi connectivity index (χ1n) is 10.9. The van der Waals surface area contributed by atoms with Crippen LogP contribution in [0.5, 0.6) is 0 Å². The van der Waals surface area contributed by atoms with Gasteiger partial charge in [-0.1, -0.05) is 48.2 Å². The van der Waals surface area contributed by atoms with Crippen LogP contribution in [0.25, 0.3) is 0 Å². The molecule has 0 atom stereocenters. The minimum absolute atomic E-state index is 0.0631. The number of anilines is 2. The van der Waals surface area contributed by atoms with Crippen molar-refractivity contribution in [2.24, 2.45) is 0 Å². The van der Waals surface area contributed by atoms with E-state index in [2.05, 4.69) is 48.7 Å². The number of unbranched alkanes of at least 4 members (excludes halogenated alkanes) is 3. The zero-order valence-corrected chi connectivity index (χ0v) is 19.4. The van der Waals surface area contributed by atoms with Crippen LogP contribution in [0.2, 0.25) is 0 Å². The van der Waals surface area contributed by atoms with Crippen LogP contribution >= 0.6 is 0 Å². The summed E-state index contributed by atoms with van der Waals surface area (Å²) >= 11 is 0. The van der Waals surface area contributed by atoms with Crippen molar-refractivity contribution in [3.05, 3.63) is 57.6 Å². The second-order valence-corrected chi connectivity index (χ2v) is 8.56. The number of nitrogens with one attached hydrogen (secondary N) is 2. The molecule has 2 amide bonds. The topological polar surface area (TPSA) is 58.2 Å². The zero-order chi connectivity index (χ0) is 22.3. The minimum atomic E-state index is 0.0631. The van der Waals surface area contributed by atoms with Gasteiger partial charge in [0, 0.05) is 24.2 Å². The highest BCUT2D eigenvalue weighted by Gasteiger charge is 2.10. The summed E-state index contributed by atoms with van der Waals surface area (Å²) in [7, 11) is 0. The molecule has 0 heterocycles. The van der Waals surface area contributed by atoms with Gasteiger partial charge in [-0.15, -0.1) is 0 Å². The van der Waals surface area contributed by atoms with Gasteiger partial charge < -0.3 is 10.6 Å². The maximum absolute atomic E-state index is 12.3. The third-order valence-electron chi connectivity index (χ3n) is 5.44. The summed E-state index contributed by atoms with van der Waals surface area (Å²) in [6.07, 6.45) is 4.62. The number of hydrogen-bond donors (Lipinski definition) is 2. The third-order valence-corrected chi connectivity index (χ3v) is 5.44. The molecule has 0 fully saturated rings. The van der Waals surface area contributed by atoms with Gasteiger partial charge >= 0.3 is 0 Å². The Morgan fingerprint density at radius 1 is 0.567 bits per heavy atom. The Morgan fingerprint density at radius 2 is 0.867 bits per heavy atom. The fourth-order valence-electron chi connectivity index (χ4n) is 4.08. The van der Waals surface area contributed by atoms with Crippen molar-refractivity contribution in [1.29, 1.82) is 0 Å². The van der Waals surface area contributed by atoms with E-state index in [0.29, 0.717) is 12.8 Å². The van der Waals surface area contributed by atoms with Crippen molar-refractivity contribution >= 4 is 23.2 Å². The number of aryl methyl sites for hydroxylation is 6. The molecule has 0 aromatic heterocycles. The summed E-state index contributed by atoms with van der Waals surface area (Å²) in [6.45, 7) is 12.2. The van der Waals surface area contributed by atoms with E-state index in [1.54, 1.807) is 0 Å². The van der Waals surface area contributed by atoms with Crippen molar-refractivity contribution in [3.8, 4) is 0 Å². The van der Waals surface area contributed by atoms with Crippen LogP contribution in [-0.2, 0) is 9.59 Å². The highest BCUT2D eigenvalue weighted by molar-refractivity contribution is 5.93. The van der Waals surface area contributed by atoms with E-state index in [4.69, 9.17) is 0 Å². The molecule has 0 aliphatic carbocycles. The van der Waals surface area contributed by atoms with Crippen molar-refractivity contribution in [2.75, 3.05) is 10.6 Å². The predicted octanol–water partition coefficient (Wildman–Crippen LogP) is 6.45. The summed E-state index contributed by atoms with van der Waals surface area (Å²) in [5.41, 5.74) is 8.70. The summed E-state index contributed by atoms with van der Waals surface area (Å²) in [6, 6.07) is 8.36. The van der Waals surface area contributed by atoms with Gasteiger partial charge in [0.2, 0.25) is 11.8 Å². The quantitative estimate of drug-likeness (QED) is 0.468. The molecular weight excluding hydrogens is 372 g/mol. The molecule has 0 saturated carbocycles. The molecule has 2 aromatic rings. The van der Waals surface area contributed by atoms with Crippen LogP contribution in [-0.4, -0.2) is 11.8 Å². The van der Waals surface area contributed by atoms with Gasteiger partial charge in [0.15, 0.2) is 0 Å². The first kappa shape index (κ1) is 23.7. The van der Waals surface area contributed by atoms with Crippen molar-refractivity contribution in [3.63, 3.8) is 0 Å². The van der Waals surface area contributed by atoms with Gasteiger partial charge in [0.1, 0.15) is 0 Å². The monoisotopic (exact) mass is 408 g/mol. The van der Waals surface area contributed by atoms with E-state index in [9.17, 15) is 9.59 Å². The Bertz CT molecular complexity index is 794. The van der Waals surface area contributed by atoms with E-state index >= 15 is 0 Å². The highest BCUT2D eigenvalue weighted by Crippen LogP contribution is 2.23. The molecule has 0 bridgehead atoms. The van der Waals surface area contributed by atoms with E-state index in [0.717, 1.165) is 59.3 Å². The molecule has 4 nitrogen and oxygen atoms in total. The first-order chi connectivity index (χ1) is 14.2. The Labute approximate surface area is 181 Å². The molecule has 2 rings (SSSR count). The van der Waals surface area contributed by atoms with E-state index in [1.807, 2.05) is 27.7 Å². The number of amides is 2. The summed E-state index contributed by atoms with van der Waals surface area (Å²) in [5.74, 6) is 0.126. The lowest BCUT2D eigenvalue weighted by molar-refractivity contribution is -0.117. The maximum atomic E-state index is 12.3. The summed E-state index contributed by atoms with van der Waals surface area (Å²) in [4.78, 5) is 24.5. The van der Waals surface area contributed by atoms with Gasteiger partial charge in [0.05, 0.1) is 0 Å². The standard InChI is InChI=1S/C26H36N2O2/c1-17-13-19(3)25(20(4)14-17)27-23(29)11-9-7-8-10-12-24(30)28-26-21(5)15-18(2)16-22(26)6/h13-16H,7-12H2,1-6H3,(H,27,29)(H,28,30). The van der Waals surface area contributed by atoms with Gasteiger partial charge in [-0.05, 0) is 76.6 Å². The lowest BCUT2D eigenvalue weighted by Crippen LogP contribution is -2.14. The van der Waals surface area contributed by atoms with Crippen LogP contribution < -0.4 is 10.6 Å². The van der Waals surface area contributed by atoms with E-state index in [-0.39, 0.29) is 11.8 Å². The molecule has 4 heteroatoms. The van der Waals surface area contributed by atoms with Crippen LogP contribution in [0.15, 0.2) is 24.3 Å². The lowest BCUT2D eigenvalue weighted by atomic mass is 10.0. The molecule has 30 heavy (non-hydrogen) atoms. The second-order valence-electron chi connectivity index (χ2n) is 8.56. The highest BCUT2D eigenvalue weighted by atomic mass is 16.2. The first-order valence-corrected chi connectivity index (χ1v) is 10.9. The molecule has 0 aliphatic heterocycles. The number of carbonyl (C=O) groups excluding carboxylic acids is 2. The number of benzene rings is 2. The SMILES string of the molecule is Cc1cc(C)c(NC(=O)CCCCCCC(=O)Nc2c(C)cc(C)cc2C)c(C)c1. The molecule has 0 unspecified atom stereocenters. The van der Waals surface area contributed by atoms with Crippen LogP contribution in [0.4, 0.5) is 11.4 Å². The third kappa shape index (κ3) is 7.01. The normalized spacial score (nSPS) is 10.7. The molecule has 0 aliphatic rings.